The summed E-state index contributed by atoms with van der Waals surface area (Å²) in [5, 5.41) is 24.4. The Morgan fingerprint density at radius 2 is 1.96 bits per heavy atom. The number of phenolic OH excluding ortho intramolecular Hbond substituents is 1. The highest BCUT2D eigenvalue weighted by atomic mass is 16.5. The molecule has 7 heteroatoms. The number of aromatic hydroxyl groups is 1. The highest BCUT2D eigenvalue weighted by molar-refractivity contribution is 6.09. The zero-order chi connectivity index (χ0) is 19.8. The summed E-state index contributed by atoms with van der Waals surface area (Å²) in [5.74, 6) is -1.28. The van der Waals surface area contributed by atoms with Crippen molar-refractivity contribution in [2.24, 2.45) is 0 Å². The van der Waals surface area contributed by atoms with E-state index < -0.39 is 11.9 Å². The second kappa shape index (κ2) is 9.06. The highest BCUT2D eigenvalue weighted by Crippen LogP contribution is 2.24. The van der Waals surface area contributed by atoms with Gasteiger partial charge in [0.25, 0.3) is 5.91 Å². The van der Waals surface area contributed by atoms with E-state index in [4.69, 9.17) is 4.74 Å². The summed E-state index contributed by atoms with van der Waals surface area (Å²) in [6.07, 6.45) is 1.19. The number of esters is 1. The third-order valence-electron chi connectivity index (χ3n) is 3.56. The molecule has 0 spiro atoms. The van der Waals surface area contributed by atoms with Crippen LogP contribution in [0.15, 0.2) is 54.2 Å². The number of carbonyl (C=O) groups excluding carboxylic acids is 2. The summed E-state index contributed by atoms with van der Waals surface area (Å²) in [4.78, 5) is 24.4. The predicted octanol–water partition coefficient (Wildman–Crippen LogP) is 3.34. The molecule has 1 amide bonds. The van der Waals surface area contributed by atoms with E-state index in [1.807, 2.05) is 6.92 Å². The van der Waals surface area contributed by atoms with E-state index in [9.17, 15) is 20.0 Å². The van der Waals surface area contributed by atoms with Gasteiger partial charge in [-0.3, -0.25) is 4.79 Å². The molecule has 2 aromatic carbocycles. The molecule has 0 saturated heterocycles. The standard InChI is InChI=1S/C20H19N3O4/c1-3-27-20(26)15-6-4-5-7-16(15)23-19(25)14(11-21)12-22-17-10-13(2)8-9-18(17)24/h4-10,12,22,24H,3H2,1-2H3,(H,23,25)/b14-12-. The molecule has 0 saturated carbocycles. The number of ether oxygens (including phenoxy) is 1. The van der Waals surface area contributed by atoms with Crippen LogP contribution >= 0.6 is 0 Å². The molecule has 0 radical (unpaired) electrons. The third-order valence-corrected chi connectivity index (χ3v) is 3.56. The maximum atomic E-state index is 12.4. The lowest BCUT2D eigenvalue weighted by atomic mass is 10.1. The fraction of sp³-hybridized carbons (Fsp3) is 0.150. The van der Waals surface area contributed by atoms with Crippen molar-refractivity contribution in [3.8, 4) is 11.8 Å². The number of phenols is 1. The molecule has 0 heterocycles. The minimum Gasteiger partial charge on any atom is -0.506 e. The number of aryl methyl sites for hydroxylation is 1. The van der Waals surface area contributed by atoms with Crippen molar-refractivity contribution >= 4 is 23.3 Å². The van der Waals surface area contributed by atoms with Gasteiger partial charge >= 0.3 is 5.97 Å². The van der Waals surface area contributed by atoms with Crippen molar-refractivity contribution in [2.75, 3.05) is 17.2 Å². The largest absolute Gasteiger partial charge is 0.506 e. The Morgan fingerprint density at radius 3 is 2.67 bits per heavy atom. The van der Waals surface area contributed by atoms with Crippen LogP contribution in [0.5, 0.6) is 5.75 Å². The number of rotatable bonds is 6. The molecule has 0 fully saturated rings. The fourth-order valence-electron chi connectivity index (χ4n) is 2.23. The van der Waals surface area contributed by atoms with Gasteiger partial charge in [0.15, 0.2) is 0 Å². The predicted molar refractivity (Wildman–Crippen MR) is 101 cm³/mol. The van der Waals surface area contributed by atoms with E-state index in [2.05, 4.69) is 10.6 Å². The Hall–Kier alpha value is -3.79. The summed E-state index contributed by atoms with van der Waals surface area (Å²) in [6, 6.07) is 13.1. The number of nitrogens with zero attached hydrogens (tertiary/aromatic N) is 1. The van der Waals surface area contributed by atoms with Crippen LogP contribution in [0.4, 0.5) is 11.4 Å². The zero-order valence-electron chi connectivity index (χ0n) is 14.9. The van der Waals surface area contributed by atoms with E-state index in [1.165, 1.54) is 18.3 Å². The molecule has 27 heavy (non-hydrogen) atoms. The van der Waals surface area contributed by atoms with Crippen LogP contribution in [0.2, 0.25) is 0 Å². The molecular weight excluding hydrogens is 346 g/mol. The van der Waals surface area contributed by atoms with Crippen LogP contribution < -0.4 is 10.6 Å². The number of anilines is 2. The molecule has 0 aliphatic heterocycles. The number of nitrogens with one attached hydrogen (secondary N) is 2. The zero-order valence-corrected chi connectivity index (χ0v) is 14.9. The van der Waals surface area contributed by atoms with Gasteiger partial charge in [0.05, 0.1) is 23.5 Å². The molecule has 0 unspecified atom stereocenters. The maximum absolute atomic E-state index is 12.4. The van der Waals surface area contributed by atoms with Crippen LogP contribution in [0.1, 0.15) is 22.8 Å². The van der Waals surface area contributed by atoms with Gasteiger partial charge < -0.3 is 20.5 Å². The van der Waals surface area contributed by atoms with Crippen LogP contribution in [-0.2, 0) is 9.53 Å². The topological polar surface area (TPSA) is 111 Å². The van der Waals surface area contributed by atoms with Gasteiger partial charge in [-0.25, -0.2) is 4.79 Å². The molecule has 0 aliphatic carbocycles. The Kier molecular flexibility index (Phi) is 6.55. The average Bonchev–Trinajstić information content (AvgIpc) is 2.65. The van der Waals surface area contributed by atoms with Gasteiger partial charge in [0.2, 0.25) is 0 Å². The first-order chi connectivity index (χ1) is 13.0. The van der Waals surface area contributed by atoms with Crippen molar-refractivity contribution in [3.63, 3.8) is 0 Å². The number of hydrogen-bond acceptors (Lipinski definition) is 6. The lowest BCUT2D eigenvalue weighted by molar-refractivity contribution is -0.112. The van der Waals surface area contributed by atoms with Crippen molar-refractivity contribution in [1.82, 2.24) is 0 Å². The Morgan fingerprint density at radius 1 is 1.22 bits per heavy atom. The molecule has 2 aromatic rings. The smallest absolute Gasteiger partial charge is 0.340 e. The molecular formula is C20H19N3O4. The Balaban J connectivity index is 2.20. The molecule has 138 valence electrons. The van der Waals surface area contributed by atoms with E-state index >= 15 is 0 Å². The van der Waals surface area contributed by atoms with Crippen LogP contribution in [0, 0.1) is 18.3 Å². The van der Waals surface area contributed by atoms with E-state index in [0.29, 0.717) is 5.69 Å². The van der Waals surface area contributed by atoms with E-state index in [0.717, 1.165) is 5.56 Å². The van der Waals surface area contributed by atoms with Crippen molar-refractivity contribution in [3.05, 3.63) is 65.4 Å². The second-order valence-corrected chi connectivity index (χ2v) is 5.55. The van der Waals surface area contributed by atoms with Gasteiger partial charge in [0, 0.05) is 6.20 Å². The van der Waals surface area contributed by atoms with Crippen molar-refractivity contribution in [2.45, 2.75) is 13.8 Å². The van der Waals surface area contributed by atoms with Gasteiger partial charge in [0.1, 0.15) is 17.4 Å². The SMILES string of the molecule is CCOC(=O)c1ccccc1NC(=O)/C(C#N)=C\Nc1cc(C)ccc1O. The first kappa shape index (κ1) is 19.5. The summed E-state index contributed by atoms with van der Waals surface area (Å²) >= 11 is 0. The van der Waals surface area contributed by atoms with Crippen molar-refractivity contribution < 1.29 is 19.4 Å². The molecule has 0 bridgehead atoms. The third kappa shape index (κ3) is 5.09. The molecule has 0 aliphatic rings. The van der Waals surface area contributed by atoms with Crippen LogP contribution in [0.3, 0.4) is 0 Å². The van der Waals surface area contributed by atoms with Gasteiger partial charge in [-0.15, -0.1) is 0 Å². The number of amides is 1. The molecule has 7 nitrogen and oxygen atoms in total. The van der Waals surface area contributed by atoms with Gasteiger partial charge in [-0.05, 0) is 43.7 Å². The van der Waals surface area contributed by atoms with Gasteiger partial charge in [-0.2, -0.15) is 5.26 Å². The quantitative estimate of drug-likeness (QED) is 0.313. The lowest BCUT2D eigenvalue weighted by Crippen LogP contribution is -2.17. The normalized spacial score (nSPS) is 10.6. The van der Waals surface area contributed by atoms with Crippen LogP contribution in [0.25, 0.3) is 0 Å². The summed E-state index contributed by atoms with van der Waals surface area (Å²) in [5.41, 5.74) is 1.46. The second-order valence-electron chi connectivity index (χ2n) is 5.55. The summed E-state index contributed by atoms with van der Waals surface area (Å²) in [6.45, 7) is 3.73. The van der Waals surface area contributed by atoms with Gasteiger partial charge in [-0.1, -0.05) is 18.2 Å². The number of carbonyl (C=O) groups is 2. The van der Waals surface area contributed by atoms with E-state index in [-0.39, 0.29) is 29.2 Å². The molecule has 0 aromatic heterocycles. The number of hydrogen-bond donors (Lipinski definition) is 3. The Labute approximate surface area is 156 Å². The lowest BCUT2D eigenvalue weighted by Gasteiger charge is -2.10. The molecule has 3 N–H and O–H groups in total. The van der Waals surface area contributed by atoms with Crippen molar-refractivity contribution in [1.29, 1.82) is 5.26 Å². The number of nitriles is 1. The maximum Gasteiger partial charge on any atom is 0.340 e. The average molecular weight is 365 g/mol. The van der Waals surface area contributed by atoms with Crippen LogP contribution in [-0.4, -0.2) is 23.6 Å². The minimum absolute atomic E-state index is 0.0118. The summed E-state index contributed by atoms with van der Waals surface area (Å²) in [7, 11) is 0. The minimum atomic E-state index is -0.700. The van der Waals surface area contributed by atoms with E-state index in [1.54, 1.807) is 43.3 Å². The first-order valence-electron chi connectivity index (χ1n) is 8.20. The summed E-state index contributed by atoms with van der Waals surface area (Å²) < 4.78 is 4.96. The molecule has 0 atom stereocenters. The fourth-order valence-corrected chi connectivity index (χ4v) is 2.23. The highest BCUT2D eigenvalue weighted by Gasteiger charge is 2.16. The number of para-hydroxylation sites is 1. The number of benzene rings is 2. The first-order valence-corrected chi connectivity index (χ1v) is 8.20. The molecule has 2 rings (SSSR count). The Bertz CT molecular complexity index is 929. The monoisotopic (exact) mass is 365 g/mol.